The summed E-state index contributed by atoms with van der Waals surface area (Å²) in [4.78, 5) is 11.0. The molecule has 1 saturated heterocycles. The average Bonchev–Trinajstić information content (AvgIpc) is 2.55. The summed E-state index contributed by atoms with van der Waals surface area (Å²) in [5, 5.41) is 9.24. The topological polar surface area (TPSA) is 109 Å². The van der Waals surface area contributed by atoms with E-state index in [4.69, 9.17) is 0 Å². The molecule has 23 heavy (non-hydrogen) atoms. The largest absolute Gasteiger partial charge is 0.480 e. The predicted molar refractivity (Wildman–Crippen MR) is 83.3 cm³/mol. The van der Waals surface area contributed by atoms with Gasteiger partial charge in [0.2, 0.25) is 10.0 Å². The van der Waals surface area contributed by atoms with E-state index in [9.17, 15) is 26.7 Å². The second-order valence-corrected chi connectivity index (χ2v) is 9.51. The minimum Gasteiger partial charge on any atom is -0.480 e. The first-order valence-corrected chi connectivity index (χ1v) is 10.4. The van der Waals surface area contributed by atoms with Gasteiger partial charge in [0.25, 0.3) is 0 Å². The molecule has 1 heterocycles. The van der Waals surface area contributed by atoms with Crippen LogP contribution in [0.3, 0.4) is 0 Å². The number of carbonyl (C=O) groups is 1. The third-order valence-corrected chi connectivity index (χ3v) is 7.53. The summed E-state index contributed by atoms with van der Waals surface area (Å²) in [6.07, 6.45) is 1.48. The number of sulfone groups is 1. The van der Waals surface area contributed by atoms with Gasteiger partial charge < -0.3 is 5.11 Å². The minimum atomic E-state index is -4.06. The van der Waals surface area contributed by atoms with E-state index in [1.807, 2.05) is 0 Å². The molecule has 1 aliphatic heterocycles. The summed E-state index contributed by atoms with van der Waals surface area (Å²) in [6.45, 7) is 1.59. The third-order valence-electron chi connectivity index (χ3n) is 3.89. The highest BCUT2D eigenvalue weighted by molar-refractivity contribution is 7.91. The van der Waals surface area contributed by atoms with Gasteiger partial charge in [-0.05, 0) is 37.5 Å². The van der Waals surface area contributed by atoms with Crippen LogP contribution >= 0.6 is 0 Å². The number of aliphatic carboxylic acids is 1. The quantitative estimate of drug-likeness (QED) is 0.841. The highest BCUT2D eigenvalue weighted by Gasteiger charge is 2.37. The summed E-state index contributed by atoms with van der Waals surface area (Å²) >= 11 is 0. The third kappa shape index (κ3) is 3.56. The monoisotopic (exact) mass is 361 g/mol. The van der Waals surface area contributed by atoms with Gasteiger partial charge in [-0.1, -0.05) is 13.0 Å². The van der Waals surface area contributed by atoms with Gasteiger partial charge in [-0.15, -0.1) is 0 Å². The smallest absolute Gasteiger partial charge is 0.322 e. The Morgan fingerprint density at radius 1 is 1.22 bits per heavy atom. The van der Waals surface area contributed by atoms with Crippen molar-refractivity contribution < 1.29 is 26.7 Å². The number of carboxylic acids is 1. The second kappa shape index (κ2) is 6.58. The maximum atomic E-state index is 12.7. The maximum absolute atomic E-state index is 12.7. The Morgan fingerprint density at radius 3 is 2.48 bits per heavy atom. The Labute approximate surface area is 135 Å². The number of rotatable bonds is 5. The SMILES string of the molecule is CCS(=O)(=O)c1cccc(S(=O)(=O)N2CCCCC2C(=O)O)c1. The van der Waals surface area contributed by atoms with Crippen molar-refractivity contribution in [2.45, 2.75) is 42.0 Å². The van der Waals surface area contributed by atoms with E-state index in [0.29, 0.717) is 12.8 Å². The Bertz CT molecular complexity index is 800. The minimum absolute atomic E-state index is 0.0787. The molecule has 1 aromatic rings. The van der Waals surface area contributed by atoms with Crippen LogP contribution in [0.4, 0.5) is 0 Å². The molecule has 0 radical (unpaired) electrons. The zero-order valence-electron chi connectivity index (χ0n) is 12.7. The molecule has 1 fully saturated rings. The van der Waals surface area contributed by atoms with E-state index in [0.717, 1.165) is 10.4 Å². The van der Waals surface area contributed by atoms with Crippen molar-refractivity contribution in [3.63, 3.8) is 0 Å². The molecule has 7 nitrogen and oxygen atoms in total. The van der Waals surface area contributed by atoms with Crippen LogP contribution in [-0.4, -0.2) is 50.6 Å². The second-order valence-electron chi connectivity index (χ2n) is 5.34. The van der Waals surface area contributed by atoms with Crippen molar-refractivity contribution in [2.24, 2.45) is 0 Å². The predicted octanol–water partition coefficient (Wildman–Crippen LogP) is 1.11. The fraction of sp³-hybridized carbons (Fsp3) is 0.500. The van der Waals surface area contributed by atoms with E-state index in [-0.39, 0.29) is 28.5 Å². The molecule has 9 heteroatoms. The van der Waals surface area contributed by atoms with Gasteiger partial charge in [-0.25, -0.2) is 16.8 Å². The average molecular weight is 361 g/mol. The summed E-state index contributed by atoms with van der Waals surface area (Å²) in [6, 6.07) is 3.97. The van der Waals surface area contributed by atoms with Crippen LogP contribution in [0.5, 0.6) is 0 Å². The van der Waals surface area contributed by atoms with Crippen molar-refractivity contribution in [1.29, 1.82) is 0 Å². The van der Waals surface area contributed by atoms with Crippen LogP contribution in [0.1, 0.15) is 26.2 Å². The van der Waals surface area contributed by atoms with Crippen molar-refractivity contribution >= 4 is 25.8 Å². The van der Waals surface area contributed by atoms with Crippen LogP contribution in [0.25, 0.3) is 0 Å². The molecule has 2 rings (SSSR count). The molecule has 0 spiro atoms. The fourth-order valence-electron chi connectivity index (χ4n) is 2.57. The van der Waals surface area contributed by atoms with Crippen molar-refractivity contribution in [2.75, 3.05) is 12.3 Å². The van der Waals surface area contributed by atoms with E-state index in [1.165, 1.54) is 25.1 Å². The Hall–Kier alpha value is -1.45. The first kappa shape index (κ1) is 17.9. The standard InChI is InChI=1S/C14H19NO6S2/c1-2-22(18,19)11-6-5-7-12(10-11)23(20,21)15-9-4-3-8-13(15)14(16)17/h5-7,10,13H,2-4,8-9H2,1H3,(H,16,17). The van der Waals surface area contributed by atoms with Crippen LogP contribution < -0.4 is 0 Å². The molecule has 0 bridgehead atoms. The van der Waals surface area contributed by atoms with Gasteiger partial charge in [-0.3, -0.25) is 4.79 Å². The summed E-state index contributed by atoms with van der Waals surface area (Å²) in [5.74, 6) is -1.33. The first-order chi connectivity index (χ1) is 10.7. The van der Waals surface area contributed by atoms with E-state index in [2.05, 4.69) is 0 Å². The highest BCUT2D eigenvalue weighted by atomic mass is 32.2. The number of nitrogens with zero attached hydrogens (tertiary/aromatic N) is 1. The van der Waals surface area contributed by atoms with Crippen molar-refractivity contribution in [1.82, 2.24) is 4.31 Å². The highest BCUT2D eigenvalue weighted by Crippen LogP contribution is 2.27. The first-order valence-electron chi connectivity index (χ1n) is 7.27. The number of piperidine rings is 1. The van der Waals surface area contributed by atoms with E-state index < -0.39 is 31.9 Å². The van der Waals surface area contributed by atoms with Crippen LogP contribution in [0.15, 0.2) is 34.1 Å². The van der Waals surface area contributed by atoms with Gasteiger partial charge in [0.15, 0.2) is 9.84 Å². The van der Waals surface area contributed by atoms with Gasteiger partial charge in [0.1, 0.15) is 6.04 Å². The lowest BCUT2D eigenvalue weighted by atomic mass is 10.1. The Kier molecular flexibility index (Phi) is 5.12. The fourth-order valence-corrected chi connectivity index (χ4v) is 5.27. The van der Waals surface area contributed by atoms with Gasteiger partial charge in [0, 0.05) is 6.54 Å². The number of benzene rings is 1. The number of hydrogen-bond donors (Lipinski definition) is 1. The van der Waals surface area contributed by atoms with Crippen LogP contribution in [0.2, 0.25) is 0 Å². The molecule has 0 aromatic heterocycles. The molecule has 1 aliphatic rings. The maximum Gasteiger partial charge on any atom is 0.322 e. The molecular weight excluding hydrogens is 342 g/mol. The van der Waals surface area contributed by atoms with Gasteiger partial charge in [0.05, 0.1) is 15.5 Å². The number of carboxylic acid groups (broad SMARTS) is 1. The molecule has 1 N–H and O–H groups in total. The molecule has 128 valence electrons. The van der Waals surface area contributed by atoms with Crippen molar-refractivity contribution in [3.05, 3.63) is 24.3 Å². The summed E-state index contributed by atoms with van der Waals surface area (Å²) in [5.41, 5.74) is 0. The van der Waals surface area contributed by atoms with Crippen LogP contribution in [-0.2, 0) is 24.7 Å². The lowest BCUT2D eigenvalue weighted by Gasteiger charge is -2.31. The lowest BCUT2D eigenvalue weighted by molar-refractivity contribution is -0.142. The molecule has 0 aliphatic carbocycles. The number of sulfonamides is 1. The summed E-state index contributed by atoms with van der Waals surface area (Å²) in [7, 11) is -7.60. The van der Waals surface area contributed by atoms with E-state index >= 15 is 0 Å². The molecule has 1 atom stereocenters. The van der Waals surface area contributed by atoms with Crippen LogP contribution in [0, 0.1) is 0 Å². The van der Waals surface area contributed by atoms with E-state index in [1.54, 1.807) is 0 Å². The lowest BCUT2D eigenvalue weighted by Crippen LogP contribution is -2.47. The van der Waals surface area contributed by atoms with Crippen molar-refractivity contribution in [3.8, 4) is 0 Å². The normalized spacial score (nSPS) is 20.3. The molecular formula is C14H19NO6S2. The summed E-state index contributed by atoms with van der Waals surface area (Å²) < 4.78 is 50.3. The Balaban J connectivity index is 2.47. The zero-order valence-corrected chi connectivity index (χ0v) is 14.3. The molecule has 1 unspecified atom stereocenters. The zero-order chi connectivity index (χ0) is 17.3. The Morgan fingerprint density at radius 2 is 1.87 bits per heavy atom. The molecule has 0 saturated carbocycles. The number of hydrogen-bond acceptors (Lipinski definition) is 5. The molecule has 1 aromatic carbocycles. The van der Waals surface area contributed by atoms with Gasteiger partial charge in [-0.2, -0.15) is 4.31 Å². The van der Waals surface area contributed by atoms with Gasteiger partial charge >= 0.3 is 5.97 Å². The molecule has 0 amide bonds.